The average Bonchev–Trinajstić information content (AvgIpc) is 3.40. The molecule has 0 bridgehead atoms. The molecule has 0 unspecified atom stereocenters. The number of carbonyl (C=O) groups is 4. The number of hydrogen-bond acceptors (Lipinski definition) is 6. The van der Waals surface area contributed by atoms with E-state index >= 15 is 0 Å². The molecule has 1 rings (SSSR count). The summed E-state index contributed by atoms with van der Waals surface area (Å²) in [4.78, 5) is 54.3. The van der Waals surface area contributed by atoms with Crippen molar-refractivity contribution >= 4 is 46.9 Å². The van der Waals surface area contributed by atoms with Crippen molar-refractivity contribution < 1.29 is 29.4 Å². The molecule has 6 atom stereocenters. The number of alkyl halides is 2. The van der Waals surface area contributed by atoms with Gasteiger partial charge in [-0.1, -0.05) is 59.8 Å². The second-order valence-electron chi connectivity index (χ2n) is 11.5. The Morgan fingerprint density at radius 1 is 1.07 bits per heavy atom. The van der Waals surface area contributed by atoms with Crippen molar-refractivity contribution in [2.45, 2.75) is 127 Å². The average molecular weight is 610 g/mol. The van der Waals surface area contributed by atoms with Crippen molar-refractivity contribution in [2.75, 3.05) is 13.6 Å². The summed E-state index contributed by atoms with van der Waals surface area (Å²) in [7, 11) is 1.51. The van der Waals surface area contributed by atoms with E-state index in [0.717, 1.165) is 25.7 Å². The van der Waals surface area contributed by atoms with E-state index in [1.807, 2.05) is 27.7 Å². The van der Waals surface area contributed by atoms with Crippen LogP contribution in [0.1, 0.15) is 91.9 Å². The van der Waals surface area contributed by atoms with Crippen LogP contribution >= 0.6 is 23.2 Å². The van der Waals surface area contributed by atoms with Crippen LogP contribution < -0.4 is 11.1 Å². The highest BCUT2D eigenvalue weighted by molar-refractivity contribution is 6.44. The number of nitrogens with zero attached hydrogens (tertiary/aromatic N) is 2. The van der Waals surface area contributed by atoms with Crippen molar-refractivity contribution in [1.29, 1.82) is 0 Å². The van der Waals surface area contributed by atoms with Crippen LogP contribution in [-0.4, -0.2) is 92.4 Å². The normalized spacial score (nSPS) is 19.3. The van der Waals surface area contributed by atoms with Gasteiger partial charge in [-0.05, 0) is 43.9 Å². The maximum Gasteiger partial charge on any atom is 0.326 e. The Hall–Kier alpha value is -1.62. The molecule has 1 heterocycles. The van der Waals surface area contributed by atoms with Crippen molar-refractivity contribution in [3.8, 4) is 0 Å². The third kappa shape index (κ3) is 11.3. The molecular formula is C28H50Cl2N4O6. The van der Waals surface area contributed by atoms with Crippen LogP contribution in [0.2, 0.25) is 0 Å². The lowest BCUT2D eigenvalue weighted by Crippen LogP contribution is -2.59. The summed E-state index contributed by atoms with van der Waals surface area (Å²) >= 11 is 11.5. The standard InChI is InChI=1S/C28H50Cl2N4O6/c1-6-18(4)23(32-25(36)24(35)19(31)12-9-7-8-10-14-22(29)30)27(38)33(5)21(16-17(2)3)26(37)34-15-11-13-20(34)28(39)40/h17-24,35H,6-16,31H2,1-5H3,(H,32,36)(H,39,40)/t18-,19-,20+,21+,23+,24-/m1/s1. The first kappa shape index (κ1) is 36.4. The molecule has 0 spiro atoms. The molecule has 3 amide bonds. The molecule has 5 N–H and O–H groups in total. The van der Waals surface area contributed by atoms with Crippen LogP contribution in [0.15, 0.2) is 0 Å². The molecule has 12 heteroatoms. The van der Waals surface area contributed by atoms with Gasteiger partial charge in [0.15, 0.2) is 0 Å². The van der Waals surface area contributed by atoms with Crippen LogP contribution in [0.5, 0.6) is 0 Å². The zero-order chi connectivity index (χ0) is 30.6. The predicted molar refractivity (Wildman–Crippen MR) is 157 cm³/mol. The minimum Gasteiger partial charge on any atom is -0.480 e. The van der Waals surface area contributed by atoms with Gasteiger partial charge in [0.1, 0.15) is 29.1 Å². The molecule has 232 valence electrons. The number of aliphatic hydroxyl groups is 1. The van der Waals surface area contributed by atoms with E-state index in [1.54, 1.807) is 0 Å². The highest BCUT2D eigenvalue weighted by Crippen LogP contribution is 2.24. The van der Waals surface area contributed by atoms with Crippen molar-refractivity contribution in [2.24, 2.45) is 17.6 Å². The van der Waals surface area contributed by atoms with Crippen molar-refractivity contribution in [1.82, 2.24) is 15.1 Å². The zero-order valence-corrected chi connectivity index (χ0v) is 26.2. The van der Waals surface area contributed by atoms with Crippen LogP contribution in [0, 0.1) is 11.8 Å². The third-order valence-electron chi connectivity index (χ3n) is 7.78. The first-order valence-corrected chi connectivity index (χ1v) is 15.4. The molecule has 0 aromatic rings. The maximum absolute atomic E-state index is 13.7. The largest absolute Gasteiger partial charge is 0.480 e. The first-order chi connectivity index (χ1) is 18.7. The summed E-state index contributed by atoms with van der Waals surface area (Å²) in [6, 6.07) is -3.57. The molecule has 1 fully saturated rings. The quantitative estimate of drug-likeness (QED) is 0.137. The SMILES string of the molecule is CC[C@@H](C)[C@H](NC(=O)[C@H](O)[C@H](N)CCCCCCC(Cl)Cl)C(=O)N(C)[C@@H](CC(C)C)C(=O)N1CCC[C@H]1C(=O)O. The fourth-order valence-electron chi connectivity index (χ4n) is 5.03. The lowest BCUT2D eigenvalue weighted by Gasteiger charge is -2.36. The van der Waals surface area contributed by atoms with E-state index in [4.69, 9.17) is 28.9 Å². The van der Waals surface area contributed by atoms with Gasteiger partial charge < -0.3 is 31.1 Å². The fourth-order valence-corrected chi connectivity index (χ4v) is 5.34. The Morgan fingerprint density at radius 2 is 1.68 bits per heavy atom. The number of likely N-dealkylation sites (tertiary alicyclic amines) is 1. The Labute approximate surface area is 249 Å². The number of halogens is 2. The Balaban J connectivity index is 2.94. The van der Waals surface area contributed by atoms with E-state index in [1.165, 1.54) is 16.8 Å². The molecule has 10 nitrogen and oxygen atoms in total. The first-order valence-electron chi connectivity index (χ1n) is 14.5. The number of likely N-dealkylation sites (N-methyl/N-ethyl adjacent to an activating group) is 1. The van der Waals surface area contributed by atoms with Gasteiger partial charge in [-0.15, -0.1) is 23.2 Å². The third-order valence-corrected chi connectivity index (χ3v) is 8.21. The van der Waals surface area contributed by atoms with E-state index in [0.29, 0.717) is 45.1 Å². The van der Waals surface area contributed by atoms with Crippen LogP contribution in [0.25, 0.3) is 0 Å². The van der Waals surface area contributed by atoms with Gasteiger partial charge in [0.25, 0.3) is 5.91 Å². The van der Waals surface area contributed by atoms with Gasteiger partial charge >= 0.3 is 5.97 Å². The highest BCUT2D eigenvalue weighted by atomic mass is 35.5. The van der Waals surface area contributed by atoms with E-state index in [9.17, 15) is 29.4 Å². The summed E-state index contributed by atoms with van der Waals surface area (Å²) in [5, 5.41) is 22.9. The predicted octanol–water partition coefficient (Wildman–Crippen LogP) is 3.30. The summed E-state index contributed by atoms with van der Waals surface area (Å²) in [6.07, 6.45) is 4.92. The number of carbonyl (C=O) groups excluding carboxylic acids is 3. The Kier molecular flexibility index (Phi) is 16.4. The van der Waals surface area contributed by atoms with E-state index in [-0.39, 0.29) is 16.7 Å². The molecular weight excluding hydrogens is 559 g/mol. The highest BCUT2D eigenvalue weighted by Gasteiger charge is 2.41. The number of amides is 3. The van der Waals surface area contributed by atoms with Gasteiger partial charge in [0, 0.05) is 19.6 Å². The molecule has 0 aromatic carbocycles. The number of aliphatic carboxylic acids is 1. The summed E-state index contributed by atoms with van der Waals surface area (Å²) in [6.45, 7) is 7.87. The molecule has 40 heavy (non-hydrogen) atoms. The molecule has 0 radical (unpaired) electrons. The maximum atomic E-state index is 13.7. The van der Waals surface area contributed by atoms with Crippen LogP contribution in [-0.2, 0) is 19.2 Å². The van der Waals surface area contributed by atoms with Gasteiger partial charge in [-0.3, -0.25) is 14.4 Å². The lowest BCUT2D eigenvalue weighted by atomic mass is 9.94. The minimum atomic E-state index is -1.49. The number of carboxylic acid groups (broad SMARTS) is 1. The number of unbranched alkanes of at least 4 members (excludes halogenated alkanes) is 3. The minimum absolute atomic E-state index is 0.0536. The number of rotatable bonds is 18. The van der Waals surface area contributed by atoms with Crippen molar-refractivity contribution in [3.05, 3.63) is 0 Å². The number of aliphatic hydroxyl groups excluding tert-OH is 1. The molecule has 1 aliphatic heterocycles. The molecule has 1 saturated heterocycles. The fraction of sp³-hybridized carbons (Fsp3) is 0.857. The molecule has 0 aromatic heterocycles. The second kappa shape index (κ2) is 18.0. The zero-order valence-electron chi connectivity index (χ0n) is 24.7. The van der Waals surface area contributed by atoms with Gasteiger partial charge in [-0.2, -0.15) is 0 Å². The van der Waals surface area contributed by atoms with Crippen LogP contribution in [0.3, 0.4) is 0 Å². The summed E-state index contributed by atoms with van der Waals surface area (Å²) < 4.78 is 0. The van der Waals surface area contributed by atoms with Crippen molar-refractivity contribution in [3.63, 3.8) is 0 Å². The van der Waals surface area contributed by atoms with Gasteiger partial charge in [0.05, 0.1) is 0 Å². The topological polar surface area (TPSA) is 153 Å². The van der Waals surface area contributed by atoms with E-state index < -0.39 is 54.0 Å². The smallest absolute Gasteiger partial charge is 0.326 e. The Bertz CT molecular complexity index is 831. The summed E-state index contributed by atoms with van der Waals surface area (Å²) in [5.41, 5.74) is 6.10. The van der Waals surface area contributed by atoms with Crippen LogP contribution in [0.4, 0.5) is 0 Å². The second-order valence-corrected chi connectivity index (χ2v) is 12.8. The van der Waals surface area contributed by atoms with Gasteiger partial charge in [-0.25, -0.2) is 4.79 Å². The lowest BCUT2D eigenvalue weighted by molar-refractivity contribution is -0.153. The Morgan fingerprint density at radius 3 is 2.20 bits per heavy atom. The number of hydrogen-bond donors (Lipinski definition) is 4. The monoisotopic (exact) mass is 608 g/mol. The number of nitrogens with two attached hydrogens (primary N) is 1. The molecule has 0 saturated carbocycles. The summed E-state index contributed by atoms with van der Waals surface area (Å²) in [5.74, 6) is -2.90. The molecule has 1 aliphatic rings. The molecule has 0 aliphatic carbocycles. The number of nitrogens with one attached hydrogen (secondary N) is 1. The van der Waals surface area contributed by atoms with E-state index in [2.05, 4.69) is 5.32 Å². The number of carboxylic acids is 1. The van der Waals surface area contributed by atoms with Gasteiger partial charge in [0.2, 0.25) is 11.8 Å².